The Hall–Kier alpha value is -2.24. The fourth-order valence-electron chi connectivity index (χ4n) is 1.87. The molecule has 0 aliphatic heterocycles. The second kappa shape index (κ2) is 5.40. The molecule has 2 aromatic rings. The lowest BCUT2D eigenvalue weighted by molar-refractivity contribution is 0.0933. The summed E-state index contributed by atoms with van der Waals surface area (Å²) in [6.07, 6.45) is 0. The van der Waals surface area contributed by atoms with Gasteiger partial charge in [0.2, 0.25) is 0 Å². The summed E-state index contributed by atoms with van der Waals surface area (Å²) in [7, 11) is 1.73. The molecular weight excluding hydrogens is 264 g/mol. The minimum absolute atomic E-state index is 0.229. The van der Waals surface area contributed by atoms with E-state index in [1.54, 1.807) is 24.7 Å². The minimum atomic E-state index is -0.685. The number of aromatic nitrogens is 2. The van der Waals surface area contributed by atoms with Gasteiger partial charge in [-0.05, 0) is 26.0 Å². The van der Waals surface area contributed by atoms with E-state index < -0.39 is 23.6 Å². The monoisotopic (exact) mass is 279 g/mol. The molecule has 1 amide bonds. The van der Waals surface area contributed by atoms with Crippen LogP contribution >= 0.6 is 0 Å². The van der Waals surface area contributed by atoms with Crippen molar-refractivity contribution in [3.8, 4) is 0 Å². The highest BCUT2D eigenvalue weighted by Crippen LogP contribution is 2.18. The summed E-state index contributed by atoms with van der Waals surface area (Å²) >= 11 is 0. The highest BCUT2D eigenvalue weighted by Gasteiger charge is 2.17. The first-order valence-corrected chi connectivity index (χ1v) is 6.15. The average Bonchev–Trinajstić information content (AvgIpc) is 2.69. The fourth-order valence-corrected chi connectivity index (χ4v) is 1.87. The van der Waals surface area contributed by atoms with Crippen LogP contribution in [0.25, 0.3) is 0 Å². The van der Waals surface area contributed by atoms with Gasteiger partial charge in [0.25, 0.3) is 5.91 Å². The maximum absolute atomic E-state index is 13.6. The summed E-state index contributed by atoms with van der Waals surface area (Å²) in [5, 5.41) is 6.68. The Morgan fingerprint density at radius 2 is 2.05 bits per heavy atom. The number of halogens is 2. The van der Waals surface area contributed by atoms with Crippen LogP contribution in [0.2, 0.25) is 0 Å². The molecule has 0 saturated heterocycles. The number of nitrogens with zero attached hydrogens (tertiary/aromatic N) is 2. The average molecular weight is 279 g/mol. The first kappa shape index (κ1) is 14.2. The largest absolute Gasteiger partial charge is 0.344 e. The quantitative estimate of drug-likeness (QED) is 0.938. The van der Waals surface area contributed by atoms with Crippen LogP contribution in [0, 0.1) is 18.6 Å². The van der Waals surface area contributed by atoms with E-state index in [2.05, 4.69) is 10.4 Å². The molecule has 1 aromatic heterocycles. The molecule has 0 aliphatic carbocycles. The molecule has 0 spiro atoms. The Balaban J connectivity index is 2.14. The molecule has 20 heavy (non-hydrogen) atoms. The second-order valence-corrected chi connectivity index (χ2v) is 4.66. The molecule has 1 atom stereocenters. The first-order valence-electron chi connectivity index (χ1n) is 6.15. The third kappa shape index (κ3) is 2.84. The van der Waals surface area contributed by atoms with E-state index in [0.29, 0.717) is 0 Å². The number of amides is 1. The van der Waals surface area contributed by atoms with Gasteiger partial charge in [-0.2, -0.15) is 5.10 Å². The Bertz CT molecular complexity index is 632. The third-order valence-electron chi connectivity index (χ3n) is 3.12. The van der Waals surface area contributed by atoms with Crippen molar-refractivity contribution >= 4 is 5.91 Å². The zero-order chi connectivity index (χ0) is 14.9. The van der Waals surface area contributed by atoms with Gasteiger partial charge in [-0.25, -0.2) is 8.78 Å². The molecule has 0 aliphatic rings. The molecule has 6 heteroatoms. The summed E-state index contributed by atoms with van der Waals surface area (Å²) in [4.78, 5) is 12.0. The van der Waals surface area contributed by atoms with E-state index in [0.717, 1.165) is 17.8 Å². The van der Waals surface area contributed by atoms with E-state index in [9.17, 15) is 13.6 Å². The van der Waals surface area contributed by atoms with Crippen molar-refractivity contribution in [1.29, 1.82) is 0 Å². The van der Waals surface area contributed by atoms with Gasteiger partial charge < -0.3 is 5.32 Å². The molecule has 0 saturated carbocycles. The van der Waals surface area contributed by atoms with Crippen LogP contribution in [-0.2, 0) is 7.05 Å². The third-order valence-corrected chi connectivity index (χ3v) is 3.12. The molecular formula is C14H15F2N3O. The maximum atomic E-state index is 13.6. The summed E-state index contributed by atoms with van der Waals surface area (Å²) in [5.74, 6) is -1.73. The van der Waals surface area contributed by atoms with Crippen LogP contribution in [-0.4, -0.2) is 15.7 Å². The number of hydrogen-bond donors (Lipinski definition) is 1. The van der Waals surface area contributed by atoms with Crippen molar-refractivity contribution in [3.05, 3.63) is 52.9 Å². The number of hydrogen-bond acceptors (Lipinski definition) is 2. The molecule has 1 unspecified atom stereocenters. The molecule has 1 N–H and O–H groups in total. The smallest absolute Gasteiger partial charge is 0.272 e. The van der Waals surface area contributed by atoms with Crippen LogP contribution in [0.1, 0.15) is 34.7 Å². The molecule has 4 nitrogen and oxygen atoms in total. The summed E-state index contributed by atoms with van der Waals surface area (Å²) in [6.45, 7) is 3.46. The van der Waals surface area contributed by atoms with Gasteiger partial charge in [0.1, 0.15) is 17.3 Å². The lowest BCUT2D eigenvalue weighted by Crippen LogP contribution is -2.27. The number of nitrogens with one attached hydrogen (secondary N) is 1. The van der Waals surface area contributed by atoms with Gasteiger partial charge >= 0.3 is 0 Å². The van der Waals surface area contributed by atoms with Crippen LogP contribution < -0.4 is 5.32 Å². The Labute approximate surface area is 115 Å². The van der Waals surface area contributed by atoms with Gasteiger partial charge in [0, 0.05) is 24.4 Å². The first-order chi connectivity index (χ1) is 9.38. The van der Waals surface area contributed by atoms with E-state index >= 15 is 0 Å². The van der Waals surface area contributed by atoms with Crippen LogP contribution in [0.4, 0.5) is 8.78 Å². The fraction of sp³-hybridized carbons (Fsp3) is 0.286. The van der Waals surface area contributed by atoms with Crippen molar-refractivity contribution < 1.29 is 13.6 Å². The standard InChI is InChI=1S/C14H15F2N3O/c1-8-6-13(18-19(8)3)14(20)17-9(2)11-5-4-10(15)7-12(11)16/h4-7,9H,1-3H3,(H,17,20). The Morgan fingerprint density at radius 1 is 1.35 bits per heavy atom. The van der Waals surface area contributed by atoms with Crippen molar-refractivity contribution in [2.45, 2.75) is 19.9 Å². The molecule has 1 heterocycles. The van der Waals surface area contributed by atoms with Gasteiger partial charge in [0.05, 0.1) is 6.04 Å². The predicted octanol–water partition coefficient (Wildman–Crippen LogP) is 2.50. The highest BCUT2D eigenvalue weighted by atomic mass is 19.1. The van der Waals surface area contributed by atoms with Crippen molar-refractivity contribution in [1.82, 2.24) is 15.1 Å². The van der Waals surface area contributed by atoms with Gasteiger partial charge in [-0.1, -0.05) is 6.07 Å². The number of rotatable bonds is 3. The van der Waals surface area contributed by atoms with Gasteiger partial charge in [-0.15, -0.1) is 0 Å². The van der Waals surface area contributed by atoms with Crippen LogP contribution in [0.3, 0.4) is 0 Å². The molecule has 0 radical (unpaired) electrons. The minimum Gasteiger partial charge on any atom is -0.344 e. The van der Waals surface area contributed by atoms with Crippen molar-refractivity contribution in [2.24, 2.45) is 7.05 Å². The molecule has 106 valence electrons. The van der Waals surface area contributed by atoms with Gasteiger partial charge in [-0.3, -0.25) is 9.48 Å². The second-order valence-electron chi connectivity index (χ2n) is 4.66. The zero-order valence-corrected chi connectivity index (χ0v) is 11.4. The normalized spacial score (nSPS) is 12.2. The lowest BCUT2D eigenvalue weighted by Gasteiger charge is -2.14. The number of carbonyl (C=O) groups is 1. The Kier molecular flexibility index (Phi) is 3.83. The molecule has 2 rings (SSSR count). The molecule has 0 bridgehead atoms. The highest BCUT2D eigenvalue weighted by molar-refractivity contribution is 5.92. The number of aryl methyl sites for hydroxylation is 2. The Morgan fingerprint density at radius 3 is 2.60 bits per heavy atom. The van der Waals surface area contributed by atoms with Crippen molar-refractivity contribution in [3.63, 3.8) is 0 Å². The van der Waals surface area contributed by atoms with Crippen LogP contribution in [0.5, 0.6) is 0 Å². The lowest BCUT2D eigenvalue weighted by atomic mass is 10.1. The van der Waals surface area contributed by atoms with E-state index in [1.165, 1.54) is 6.07 Å². The topological polar surface area (TPSA) is 46.9 Å². The molecule has 0 fully saturated rings. The SMILES string of the molecule is Cc1cc(C(=O)NC(C)c2ccc(F)cc2F)nn1C. The van der Waals surface area contributed by atoms with Crippen molar-refractivity contribution in [2.75, 3.05) is 0 Å². The summed E-state index contributed by atoms with van der Waals surface area (Å²) in [6, 6.07) is 4.34. The van der Waals surface area contributed by atoms with E-state index in [4.69, 9.17) is 0 Å². The van der Waals surface area contributed by atoms with E-state index in [1.807, 2.05) is 6.92 Å². The van der Waals surface area contributed by atoms with Gasteiger partial charge in [0.15, 0.2) is 0 Å². The maximum Gasteiger partial charge on any atom is 0.272 e. The number of carbonyl (C=O) groups excluding carboxylic acids is 1. The summed E-state index contributed by atoms with van der Waals surface area (Å²) in [5.41, 5.74) is 1.34. The predicted molar refractivity (Wildman–Crippen MR) is 70.2 cm³/mol. The van der Waals surface area contributed by atoms with Crippen LogP contribution in [0.15, 0.2) is 24.3 Å². The number of benzene rings is 1. The molecule has 1 aromatic carbocycles. The van der Waals surface area contributed by atoms with E-state index in [-0.39, 0.29) is 11.3 Å². The zero-order valence-electron chi connectivity index (χ0n) is 11.4. The summed E-state index contributed by atoms with van der Waals surface area (Å²) < 4.78 is 28.0.